The fraction of sp³-hybridized carbons (Fsp3) is 0.0857. The molecule has 0 aliphatic carbocycles. The van der Waals surface area contributed by atoms with Gasteiger partial charge in [-0.3, -0.25) is 0 Å². The zero-order valence-electron chi connectivity index (χ0n) is 23.9. The minimum absolute atomic E-state index is 0.215. The quantitative estimate of drug-likeness (QED) is 0.0829. The lowest BCUT2D eigenvalue weighted by atomic mass is 10.1. The monoisotopic (exact) mass is 592 g/mol. The second kappa shape index (κ2) is 14.9. The maximum atomic E-state index is 12.6. The van der Waals surface area contributed by atoms with E-state index in [4.69, 9.17) is 23.7 Å². The topological polar surface area (TPSA) is 114 Å². The molecule has 9 nitrogen and oxygen atoms in total. The average Bonchev–Trinajstić information content (AvgIpc) is 3.05. The molecule has 1 unspecified atom stereocenters. The van der Waals surface area contributed by atoms with Crippen molar-refractivity contribution in [2.45, 2.75) is 13.2 Å². The van der Waals surface area contributed by atoms with Crippen LogP contribution in [-0.2, 0) is 14.3 Å². The number of ether oxygens (including phenoxy) is 5. The van der Waals surface area contributed by atoms with Crippen LogP contribution in [0.4, 0.5) is 0 Å². The highest BCUT2D eigenvalue weighted by Gasteiger charge is 2.15. The largest absolute Gasteiger partial charge is 0.432 e. The van der Waals surface area contributed by atoms with Crippen molar-refractivity contribution in [1.82, 2.24) is 0 Å². The van der Waals surface area contributed by atoms with Crippen LogP contribution >= 0.6 is 0 Å². The Balaban J connectivity index is 1.27. The van der Waals surface area contributed by atoms with Crippen molar-refractivity contribution in [1.29, 1.82) is 0 Å². The Morgan fingerprint density at radius 2 is 1.00 bits per heavy atom. The zero-order chi connectivity index (χ0) is 31.5. The molecule has 4 aromatic carbocycles. The van der Waals surface area contributed by atoms with Crippen LogP contribution in [0.15, 0.2) is 110 Å². The van der Waals surface area contributed by atoms with E-state index in [0.29, 0.717) is 17.1 Å². The number of methoxy groups -OCH3 is 1. The maximum Gasteiger partial charge on any atom is 0.343 e. The van der Waals surface area contributed by atoms with Gasteiger partial charge in [-0.2, -0.15) is 0 Å². The summed E-state index contributed by atoms with van der Waals surface area (Å²) in [5.41, 5.74) is 2.33. The molecule has 222 valence electrons. The summed E-state index contributed by atoms with van der Waals surface area (Å²) in [4.78, 5) is 49.2. The molecule has 0 spiro atoms. The van der Waals surface area contributed by atoms with Crippen LogP contribution in [0.3, 0.4) is 0 Å². The van der Waals surface area contributed by atoms with E-state index >= 15 is 0 Å². The first kappa shape index (κ1) is 31.1. The molecule has 1 atom stereocenters. The lowest BCUT2D eigenvalue weighted by Gasteiger charge is -2.11. The van der Waals surface area contributed by atoms with E-state index in [2.05, 4.69) is 6.58 Å². The minimum Gasteiger partial charge on any atom is -0.432 e. The first-order valence-electron chi connectivity index (χ1n) is 13.3. The van der Waals surface area contributed by atoms with Crippen LogP contribution in [0.2, 0.25) is 0 Å². The summed E-state index contributed by atoms with van der Waals surface area (Å²) in [6.07, 6.45) is 3.87. The van der Waals surface area contributed by atoms with Gasteiger partial charge >= 0.3 is 23.9 Å². The van der Waals surface area contributed by atoms with Gasteiger partial charge in [0.05, 0.1) is 16.7 Å². The summed E-state index contributed by atoms with van der Waals surface area (Å²) in [5.74, 6) is -1.43. The standard InChI is InChI=1S/C35H28O9/c1-4-24-5-16-29(17-6-24)42-32(36)22-9-25-7-18-30(19-8-25)43-35(39)28-14-20-31(21-15-28)44-34(38)27-12-10-26(11-13-27)33(37)41-23(2)40-3/h4-23H,1H2,2-3H3/b22-9+. The van der Waals surface area contributed by atoms with Crippen molar-refractivity contribution in [3.63, 3.8) is 0 Å². The zero-order valence-corrected chi connectivity index (χ0v) is 23.9. The fourth-order valence-electron chi connectivity index (χ4n) is 3.63. The summed E-state index contributed by atoms with van der Waals surface area (Å²) in [7, 11) is 1.42. The molecule has 9 heteroatoms. The van der Waals surface area contributed by atoms with E-state index in [1.165, 1.54) is 61.7 Å². The Labute approximate surface area is 253 Å². The Hall–Kier alpha value is -5.80. The third-order valence-electron chi connectivity index (χ3n) is 6.10. The third kappa shape index (κ3) is 8.85. The number of rotatable bonds is 11. The molecule has 44 heavy (non-hydrogen) atoms. The molecule has 0 aliphatic rings. The van der Waals surface area contributed by atoms with Crippen LogP contribution in [0.1, 0.15) is 49.1 Å². The SMILES string of the molecule is C=Cc1ccc(OC(=O)/C=C/c2ccc(OC(=O)c3ccc(OC(=O)c4ccc(C(=O)OC(C)OC)cc4)cc3)cc2)cc1. The molecule has 4 rings (SSSR count). The van der Waals surface area contributed by atoms with Gasteiger partial charge < -0.3 is 23.7 Å². The molecule has 0 fully saturated rings. The number of hydrogen-bond acceptors (Lipinski definition) is 9. The maximum absolute atomic E-state index is 12.6. The van der Waals surface area contributed by atoms with Crippen LogP contribution in [-0.4, -0.2) is 37.3 Å². The van der Waals surface area contributed by atoms with E-state index in [1.54, 1.807) is 67.6 Å². The highest BCUT2D eigenvalue weighted by molar-refractivity contribution is 5.95. The van der Waals surface area contributed by atoms with Crippen molar-refractivity contribution in [2.75, 3.05) is 7.11 Å². The Kier molecular flexibility index (Phi) is 10.5. The molecular formula is C35H28O9. The summed E-state index contributed by atoms with van der Waals surface area (Å²) < 4.78 is 26.0. The van der Waals surface area contributed by atoms with Crippen molar-refractivity contribution in [2.24, 2.45) is 0 Å². The van der Waals surface area contributed by atoms with E-state index in [9.17, 15) is 19.2 Å². The summed E-state index contributed by atoms with van der Waals surface area (Å²) in [6, 6.07) is 25.1. The highest BCUT2D eigenvalue weighted by atomic mass is 16.7. The molecule has 0 bridgehead atoms. The Morgan fingerprint density at radius 3 is 1.48 bits per heavy atom. The predicted molar refractivity (Wildman–Crippen MR) is 162 cm³/mol. The molecule has 0 N–H and O–H groups in total. The summed E-state index contributed by atoms with van der Waals surface area (Å²) in [6.45, 7) is 5.26. The highest BCUT2D eigenvalue weighted by Crippen LogP contribution is 2.19. The molecule has 0 aromatic heterocycles. The van der Waals surface area contributed by atoms with Gasteiger partial charge in [-0.05, 0) is 96.9 Å². The Morgan fingerprint density at radius 1 is 0.591 bits per heavy atom. The molecule has 4 aromatic rings. The van der Waals surface area contributed by atoms with Gasteiger partial charge in [0, 0.05) is 13.2 Å². The van der Waals surface area contributed by atoms with Crippen molar-refractivity contribution < 1.29 is 42.9 Å². The molecule has 0 amide bonds. The third-order valence-corrected chi connectivity index (χ3v) is 6.10. The second-order valence-corrected chi connectivity index (χ2v) is 9.19. The van der Waals surface area contributed by atoms with E-state index in [0.717, 1.165) is 5.56 Å². The molecule has 0 saturated carbocycles. The summed E-state index contributed by atoms with van der Waals surface area (Å²) >= 11 is 0. The van der Waals surface area contributed by atoms with Gasteiger partial charge in [0.2, 0.25) is 0 Å². The van der Waals surface area contributed by atoms with E-state index in [-0.39, 0.29) is 22.4 Å². The van der Waals surface area contributed by atoms with Gasteiger partial charge in [-0.1, -0.05) is 36.9 Å². The minimum atomic E-state index is -0.702. The molecule has 0 radical (unpaired) electrons. The van der Waals surface area contributed by atoms with Gasteiger partial charge in [-0.25, -0.2) is 19.2 Å². The Bertz CT molecular complexity index is 1650. The van der Waals surface area contributed by atoms with Crippen LogP contribution in [0.5, 0.6) is 17.2 Å². The van der Waals surface area contributed by atoms with E-state index < -0.39 is 30.2 Å². The van der Waals surface area contributed by atoms with Crippen molar-refractivity contribution in [3.05, 3.63) is 138 Å². The number of carbonyl (C=O) groups excluding carboxylic acids is 4. The first-order chi connectivity index (χ1) is 21.2. The lowest BCUT2D eigenvalue weighted by Crippen LogP contribution is -2.16. The molecule has 0 saturated heterocycles. The molecule has 0 heterocycles. The fourth-order valence-corrected chi connectivity index (χ4v) is 3.63. The normalized spacial score (nSPS) is 11.3. The number of benzene rings is 4. The number of hydrogen-bond donors (Lipinski definition) is 0. The van der Waals surface area contributed by atoms with Gasteiger partial charge in [-0.15, -0.1) is 0 Å². The van der Waals surface area contributed by atoms with Gasteiger partial charge in [0.1, 0.15) is 17.2 Å². The van der Waals surface area contributed by atoms with Crippen LogP contribution in [0, 0.1) is 0 Å². The van der Waals surface area contributed by atoms with Crippen molar-refractivity contribution in [3.8, 4) is 17.2 Å². The van der Waals surface area contributed by atoms with Crippen LogP contribution < -0.4 is 14.2 Å². The smallest absolute Gasteiger partial charge is 0.343 e. The van der Waals surface area contributed by atoms with Gasteiger partial charge in [0.15, 0.2) is 6.29 Å². The first-order valence-corrected chi connectivity index (χ1v) is 13.3. The van der Waals surface area contributed by atoms with Crippen molar-refractivity contribution >= 4 is 36.0 Å². The number of carbonyl (C=O) groups is 4. The average molecular weight is 593 g/mol. The van der Waals surface area contributed by atoms with Gasteiger partial charge in [0.25, 0.3) is 0 Å². The molecular weight excluding hydrogens is 564 g/mol. The summed E-state index contributed by atoms with van der Waals surface area (Å²) in [5, 5.41) is 0. The van der Waals surface area contributed by atoms with Crippen LogP contribution in [0.25, 0.3) is 12.2 Å². The second-order valence-electron chi connectivity index (χ2n) is 9.19. The number of esters is 4. The molecule has 0 aliphatic heterocycles. The lowest BCUT2D eigenvalue weighted by molar-refractivity contribution is -0.128. The van der Waals surface area contributed by atoms with E-state index in [1.807, 2.05) is 0 Å². The predicted octanol–water partition coefficient (Wildman–Crippen LogP) is 6.54.